The van der Waals surface area contributed by atoms with E-state index in [-0.39, 0.29) is 18.8 Å². The van der Waals surface area contributed by atoms with Crippen LogP contribution in [0.3, 0.4) is 0 Å². The van der Waals surface area contributed by atoms with E-state index in [4.69, 9.17) is 28.1 Å². The summed E-state index contributed by atoms with van der Waals surface area (Å²) in [6.45, 7) is 19.2. The summed E-state index contributed by atoms with van der Waals surface area (Å²) >= 11 is 0. The van der Waals surface area contributed by atoms with Gasteiger partial charge in [0.1, 0.15) is 35.5 Å². The number of ether oxygens (including phenoxy) is 5. The Labute approximate surface area is 291 Å². The van der Waals surface area contributed by atoms with Gasteiger partial charge in [-0.15, -0.1) is 0 Å². The van der Waals surface area contributed by atoms with E-state index in [0.717, 1.165) is 18.1 Å². The minimum Gasteiger partial charge on any atom is -0.465 e. The molecule has 2 saturated heterocycles. The highest BCUT2D eigenvalue weighted by Crippen LogP contribution is 2.68. The molecule has 6 rings (SSSR count). The standard InChI is InChI=1S/C38H54O10Si/c1-11-49(12-2,13-3)48-26-19-27-37(21-43-27,45-23(5)39)30-32(44-33(41)24-17-15-14-16-18-24)38(42)20-25(40)22(4)28(34(38,6)7)29-31(36(26,30)10)47-35(8,9)46-29/h14-18,22,26-27,30-32,42H,11-13,19-21H2,1-10H3/b29-28+/t22?,26-,27+,30-,31+,32-,36+,37-,38+/m0/s1. The van der Waals surface area contributed by atoms with Crippen LogP contribution in [0.25, 0.3) is 0 Å². The van der Waals surface area contributed by atoms with Gasteiger partial charge in [0.05, 0.1) is 24.2 Å². The molecule has 3 aliphatic carbocycles. The van der Waals surface area contributed by atoms with Crippen LogP contribution < -0.4 is 0 Å². The lowest BCUT2D eigenvalue weighted by Crippen LogP contribution is -2.81. The van der Waals surface area contributed by atoms with Gasteiger partial charge in [-0.25, -0.2) is 4.79 Å². The smallest absolute Gasteiger partial charge is 0.338 e. The summed E-state index contributed by atoms with van der Waals surface area (Å²) in [6, 6.07) is 11.2. The first-order valence-corrected chi connectivity index (χ1v) is 20.5. The van der Waals surface area contributed by atoms with Gasteiger partial charge in [0, 0.05) is 50.4 Å². The number of benzene rings is 1. The Hall–Kier alpha value is -2.57. The predicted molar refractivity (Wildman–Crippen MR) is 183 cm³/mol. The lowest BCUT2D eigenvalue weighted by Gasteiger charge is -2.68. The van der Waals surface area contributed by atoms with Crippen LogP contribution in [0.15, 0.2) is 41.7 Å². The van der Waals surface area contributed by atoms with Gasteiger partial charge in [-0.05, 0) is 35.8 Å². The summed E-state index contributed by atoms with van der Waals surface area (Å²) in [5, 5.41) is 13.4. The molecule has 2 aliphatic heterocycles. The molecule has 10 nitrogen and oxygen atoms in total. The molecule has 0 radical (unpaired) electrons. The topological polar surface area (TPSA) is 127 Å². The number of aliphatic hydroxyl groups is 1. The van der Waals surface area contributed by atoms with Crippen LogP contribution in [0.5, 0.6) is 0 Å². The zero-order valence-corrected chi connectivity index (χ0v) is 31.7. The average molecular weight is 699 g/mol. The third kappa shape index (κ3) is 5.19. The van der Waals surface area contributed by atoms with Gasteiger partial charge in [0.15, 0.2) is 13.9 Å². The Bertz CT molecular complexity index is 1530. The number of carbonyl (C=O) groups is 3. The Morgan fingerprint density at radius 1 is 1.02 bits per heavy atom. The molecule has 270 valence electrons. The van der Waals surface area contributed by atoms with Crippen LogP contribution in [0, 0.1) is 22.7 Å². The van der Waals surface area contributed by atoms with E-state index in [1.54, 1.807) is 30.3 Å². The molecule has 49 heavy (non-hydrogen) atoms. The first-order chi connectivity index (χ1) is 22.9. The molecule has 4 fully saturated rings. The Morgan fingerprint density at radius 3 is 2.20 bits per heavy atom. The fraction of sp³-hybridized carbons (Fsp3) is 0.711. The van der Waals surface area contributed by atoms with Crippen molar-refractivity contribution in [3.8, 4) is 0 Å². The van der Waals surface area contributed by atoms with Crippen LogP contribution in [0.1, 0.15) is 92.4 Å². The molecule has 2 saturated carbocycles. The lowest BCUT2D eigenvalue weighted by atomic mass is 9.44. The molecule has 9 atom stereocenters. The van der Waals surface area contributed by atoms with Gasteiger partial charge >= 0.3 is 11.9 Å². The lowest BCUT2D eigenvalue weighted by molar-refractivity contribution is -0.357. The molecule has 1 aromatic rings. The number of esters is 2. The summed E-state index contributed by atoms with van der Waals surface area (Å²) < 4.78 is 40.4. The van der Waals surface area contributed by atoms with E-state index in [1.165, 1.54) is 6.92 Å². The molecule has 1 N–H and O–H groups in total. The second-order valence-corrected chi connectivity index (χ2v) is 20.9. The van der Waals surface area contributed by atoms with Gasteiger partial charge in [-0.3, -0.25) is 9.59 Å². The first kappa shape index (κ1) is 36.2. The van der Waals surface area contributed by atoms with Gasteiger partial charge < -0.3 is 33.2 Å². The maximum absolute atomic E-state index is 14.2. The maximum Gasteiger partial charge on any atom is 0.338 e. The van der Waals surface area contributed by atoms with Crippen molar-refractivity contribution >= 4 is 26.0 Å². The molecular formula is C38H54O10Si. The van der Waals surface area contributed by atoms with Crippen molar-refractivity contribution in [1.29, 1.82) is 0 Å². The van der Waals surface area contributed by atoms with Gasteiger partial charge in [0.2, 0.25) is 5.79 Å². The van der Waals surface area contributed by atoms with E-state index < -0.39 is 84.3 Å². The minimum atomic E-state index is -2.33. The third-order valence-corrected chi connectivity index (χ3v) is 17.6. The largest absolute Gasteiger partial charge is 0.465 e. The zero-order valence-electron chi connectivity index (χ0n) is 30.7. The van der Waals surface area contributed by atoms with Gasteiger partial charge in [0.25, 0.3) is 0 Å². The molecule has 0 amide bonds. The third-order valence-electron chi connectivity index (χ3n) is 13.0. The average Bonchev–Trinajstić information content (AvgIpc) is 3.36. The van der Waals surface area contributed by atoms with E-state index in [2.05, 4.69) is 20.8 Å². The van der Waals surface area contributed by atoms with Crippen molar-refractivity contribution < 1.29 is 47.6 Å². The molecule has 0 spiro atoms. The first-order valence-electron chi connectivity index (χ1n) is 18.0. The van der Waals surface area contributed by atoms with Crippen molar-refractivity contribution in [2.45, 2.75) is 142 Å². The van der Waals surface area contributed by atoms with Crippen molar-refractivity contribution in [1.82, 2.24) is 0 Å². The Balaban J connectivity index is 1.71. The fourth-order valence-electron chi connectivity index (χ4n) is 9.95. The second kappa shape index (κ2) is 12.0. The highest BCUT2D eigenvalue weighted by molar-refractivity contribution is 6.73. The van der Waals surface area contributed by atoms with Crippen molar-refractivity contribution in [2.75, 3.05) is 6.61 Å². The number of carbonyl (C=O) groups excluding carboxylic acids is 3. The Kier molecular flexibility index (Phi) is 8.87. The SMILES string of the molecule is CC[Si](CC)(CC)O[C@H]1C[C@H]2OC[C@@]2(OC(C)=O)[C@H]2[C@H](OC(=O)c3ccccc3)[C@]3(O)CC(=O)C(C)/C(=C4\OC(C)(C)O[C@H]4[C@]12C)C3(C)C. The normalized spacial score (nSPS) is 40.3. The van der Waals surface area contributed by atoms with Crippen molar-refractivity contribution in [2.24, 2.45) is 22.7 Å². The highest BCUT2D eigenvalue weighted by Gasteiger charge is 2.79. The van der Waals surface area contributed by atoms with Crippen molar-refractivity contribution in [3.63, 3.8) is 0 Å². The van der Waals surface area contributed by atoms with Crippen molar-refractivity contribution in [3.05, 3.63) is 47.2 Å². The quantitative estimate of drug-likeness (QED) is 0.251. The summed E-state index contributed by atoms with van der Waals surface area (Å²) in [6.07, 6.45) is -3.16. The molecule has 0 aromatic heterocycles. The fourth-order valence-corrected chi connectivity index (χ4v) is 12.9. The second-order valence-electron chi connectivity index (χ2n) is 16.2. The van der Waals surface area contributed by atoms with E-state index in [0.29, 0.717) is 23.3 Å². The maximum atomic E-state index is 14.2. The number of hydrogen-bond acceptors (Lipinski definition) is 10. The molecular weight excluding hydrogens is 644 g/mol. The summed E-state index contributed by atoms with van der Waals surface area (Å²) in [4.78, 5) is 41.4. The van der Waals surface area contributed by atoms with Gasteiger partial charge in [-0.1, -0.05) is 66.7 Å². The molecule has 11 heteroatoms. The summed E-state index contributed by atoms with van der Waals surface area (Å²) in [7, 11) is -2.33. The molecule has 1 unspecified atom stereocenters. The van der Waals surface area contributed by atoms with E-state index in [1.807, 2.05) is 41.5 Å². The van der Waals surface area contributed by atoms with Crippen LogP contribution >= 0.6 is 0 Å². The number of hydrogen-bond donors (Lipinski definition) is 1. The molecule has 2 bridgehead atoms. The molecule has 1 aromatic carbocycles. The summed E-state index contributed by atoms with van der Waals surface area (Å²) in [5.41, 5.74) is -4.61. The highest BCUT2D eigenvalue weighted by atomic mass is 28.4. The van der Waals surface area contributed by atoms with Crippen LogP contribution in [0.2, 0.25) is 18.1 Å². The van der Waals surface area contributed by atoms with E-state index in [9.17, 15) is 19.5 Å². The summed E-state index contributed by atoms with van der Waals surface area (Å²) in [5.74, 6) is -3.53. The predicted octanol–water partition coefficient (Wildman–Crippen LogP) is 6.11. The van der Waals surface area contributed by atoms with E-state index >= 15 is 0 Å². The van der Waals surface area contributed by atoms with Crippen LogP contribution in [-0.2, 0) is 37.7 Å². The number of ketones is 1. The van der Waals surface area contributed by atoms with Crippen LogP contribution in [0.4, 0.5) is 0 Å². The molecule has 5 aliphatic rings. The number of fused-ring (bicyclic) bond motifs is 7. The monoisotopic (exact) mass is 698 g/mol. The zero-order chi connectivity index (χ0) is 35.9. The number of rotatable bonds is 8. The molecule has 2 heterocycles. The minimum absolute atomic E-state index is 0.0191. The van der Waals surface area contributed by atoms with Gasteiger partial charge in [-0.2, -0.15) is 0 Å². The van der Waals surface area contributed by atoms with Crippen LogP contribution in [-0.4, -0.2) is 79.2 Å². The number of Topliss-reactive ketones (excluding diaryl/α,β-unsaturated/α-hetero) is 1. The Morgan fingerprint density at radius 2 is 1.65 bits per heavy atom.